The minimum Gasteiger partial charge on any atom is -0.346 e. The molecule has 1 fully saturated rings. The molecule has 13 heteroatoms. The van der Waals surface area contributed by atoms with Crippen LogP contribution in [0.15, 0.2) is 43.9 Å². The maximum absolute atomic E-state index is 13.9. The van der Waals surface area contributed by atoms with Crippen LogP contribution in [0.3, 0.4) is 0 Å². The Kier molecular flexibility index (Phi) is 17.2. The number of hydrogen-bond donors (Lipinski definition) is 5. The second-order valence-corrected chi connectivity index (χ2v) is 12.9. The fraction of sp³-hybridized carbons (Fsp3) is 0.600. The molecule has 5 atom stereocenters. The van der Waals surface area contributed by atoms with Gasteiger partial charge in [0.05, 0.1) is 6.20 Å². The van der Waals surface area contributed by atoms with Gasteiger partial charge in [-0.15, -0.1) is 13.2 Å². The van der Waals surface area contributed by atoms with Gasteiger partial charge in [0.2, 0.25) is 23.5 Å². The van der Waals surface area contributed by atoms with E-state index in [9.17, 15) is 28.8 Å². The van der Waals surface area contributed by atoms with Crippen molar-refractivity contribution in [2.24, 2.45) is 17.8 Å². The van der Waals surface area contributed by atoms with Crippen LogP contribution in [0.4, 0.5) is 0 Å². The van der Waals surface area contributed by atoms with E-state index in [2.05, 4.69) is 49.7 Å². The Hall–Kier alpha value is -4.42. The first-order valence-corrected chi connectivity index (χ1v) is 16.9. The summed E-state index contributed by atoms with van der Waals surface area (Å²) in [6, 6.07) is -4.19. The van der Waals surface area contributed by atoms with Crippen molar-refractivity contribution in [3.05, 3.63) is 49.6 Å². The molecule has 0 aliphatic heterocycles. The predicted molar refractivity (Wildman–Crippen MR) is 182 cm³/mol. The molecule has 1 saturated carbocycles. The molecule has 0 bridgehead atoms. The maximum Gasteiger partial charge on any atom is 0.289 e. The zero-order chi connectivity index (χ0) is 35.6. The van der Waals surface area contributed by atoms with Gasteiger partial charge in [0.25, 0.3) is 11.8 Å². The van der Waals surface area contributed by atoms with Crippen molar-refractivity contribution in [3.8, 4) is 0 Å². The first-order valence-electron chi connectivity index (χ1n) is 16.9. The lowest BCUT2D eigenvalue weighted by molar-refractivity contribution is -0.140. The van der Waals surface area contributed by atoms with Gasteiger partial charge in [0, 0.05) is 18.9 Å². The summed E-state index contributed by atoms with van der Waals surface area (Å²) in [5.74, 6) is -4.10. The molecule has 0 aromatic carbocycles. The van der Waals surface area contributed by atoms with Gasteiger partial charge in [0.15, 0.2) is 0 Å². The van der Waals surface area contributed by atoms with E-state index < -0.39 is 59.5 Å². The van der Waals surface area contributed by atoms with Crippen LogP contribution in [0.25, 0.3) is 0 Å². The summed E-state index contributed by atoms with van der Waals surface area (Å²) < 4.78 is 0. The zero-order valence-corrected chi connectivity index (χ0v) is 28.8. The number of rotatable bonds is 20. The molecular weight excluding hydrogens is 614 g/mol. The molecule has 13 nitrogen and oxygen atoms in total. The second-order valence-electron chi connectivity index (χ2n) is 12.9. The lowest BCUT2D eigenvalue weighted by Crippen LogP contribution is -2.60. The van der Waals surface area contributed by atoms with Gasteiger partial charge in [0.1, 0.15) is 29.9 Å². The summed E-state index contributed by atoms with van der Waals surface area (Å²) in [5, 5.41) is 13.5. The van der Waals surface area contributed by atoms with Crippen molar-refractivity contribution in [3.63, 3.8) is 0 Å². The molecule has 5 N–H and O–H groups in total. The van der Waals surface area contributed by atoms with Crippen LogP contribution < -0.4 is 26.6 Å². The van der Waals surface area contributed by atoms with Gasteiger partial charge < -0.3 is 26.6 Å². The number of hydrogen-bond acceptors (Lipinski definition) is 8. The van der Waals surface area contributed by atoms with E-state index in [1.807, 2.05) is 27.7 Å². The van der Waals surface area contributed by atoms with E-state index in [0.717, 1.165) is 32.1 Å². The Bertz CT molecular complexity index is 1270. The van der Waals surface area contributed by atoms with E-state index in [1.54, 1.807) is 0 Å². The van der Waals surface area contributed by atoms with E-state index in [1.165, 1.54) is 30.7 Å². The second kappa shape index (κ2) is 20.7. The van der Waals surface area contributed by atoms with Gasteiger partial charge >= 0.3 is 0 Å². The molecule has 2 rings (SSSR count). The molecule has 0 saturated heterocycles. The largest absolute Gasteiger partial charge is 0.346 e. The third-order valence-electron chi connectivity index (χ3n) is 8.51. The maximum atomic E-state index is 13.9. The fourth-order valence-electron chi connectivity index (χ4n) is 5.64. The van der Waals surface area contributed by atoms with Crippen molar-refractivity contribution in [2.75, 3.05) is 6.54 Å². The topological polar surface area (TPSA) is 188 Å². The molecule has 5 amide bonds. The van der Waals surface area contributed by atoms with Gasteiger partial charge in [-0.1, -0.05) is 78.4 Å². The van der Waals surface area contributed by atoms with Gasteiger partial charge in [-0.3, -0.25) is 33.8 Å². The third-order valence-corrected chi connectivity index (χ3v) is 8.51. The Morgan fingerprint density at radius 3 is 2.10 bits per heavy atom. The number of ketones is 1. The minimum absolute atomic E-state index is 0.0131. The van der Waals surface area contributed by atoms with Crippen molar-refractivity contribution < 1.29 is 28.8 Å². The SMILES string of the molecule is C=CCNC(=O)C(=O)C(CC=C)NC(=O)[C@H](CC1CCCCC1)NC(=O)[C@@H](NC(=O)[C@H](CC(C)C)NC(=O)c1cnccn1)[C@H](C)CC. The Morgan fingerprint density at radius 2 is 1.52 bits per heavy atom. The first kappa shape index (κ1) is 39.8. The van der Waals surface area contributed by atoms with Gasteiger partial charge in [-0.2, -0.15) is 0 Å². The van der Waals surface area contributed by atoms with Crippen LogP contribution in [0.1, 0.15) is 96.0 Å². The highest BCUT2D eigenvalue weighted by molar-refractivity contribution is 6.38. The quantitative estimate of drug-likeness (QED) is 0.104. The zero-order valence-electron chi connectivity index (χ0n) is 28.8. The fourth-order valence-corrected chi connectivity index (χ4v) is 5.64. The number of nitrogens with zero attached hydrogens (tertiary/aromatic N) is 2. The van der Waals surface area contributed by atoms with Crippen LogP contribution in [0.5, 0.6) is 0 Å². The molecule has 1 aliphatic carbocycles. The average molecular weight is 668 g/mol. The van der Waals surface area contributed by atoms with E-state index in [4.69, 9.17) is 0 Å². The Balaban J connectivity index is 2.30. The van der Waals surface area contributed by atoms with Crippen molar-refractivity contribution in [2.45, 2.75) is 110 Å². The molecule has 1 aromatic heterocycles. The number of carbonyl (C=O) groups excluding carboxylic acids is 6. The van der Waals surface area contributed by atoms with Gasteiger partial charge in [-0.25, -0.2) is 4.98 Å². The highest BCUT2D eigenvalue weighted by atomic mass is 16.2. The first-order chi connectivity index (χ1) is 22.9. The van der Waals surface area contributed by atoms with Crippen molar-refractivity contribution in [1.29, 1.82) is 0 Å². The summed E-state index contributed by atoms with van der Waals surface area (Å²) in [5.41, 5.74) is 0.0540. The lowest BCUT2D eigenvalue weighted by Gasteiger charge is -2.31. The van der Waals surface area contributed by atoms with Crippen LogP contribution in [-0.2, 0) is 24.0 Å². The number of carbonyl (C=O) groups is 6. The number of amides is 5. The highest BCUT2D eigenvalue weighted by Crippen LogP contribution is 2.27. The molecule has 264 valence electrons. The summed E-state index contributed by atoms with van der Waals surface area (Å²) in [6.07, 6.45) is 13.1. The number of nitrogens with one attached hydrogen (secondary N) is 5. The van der Waals surface area contributed by atoms with Crippen LogP contribution in [-0.4, -0.2) is 76.0 Å². The highest BCUT2D eigenvalue weighted by Gasteiger charge is 2.35. The van der Waals surface area contributed by atoms with E-state index >= 15 is 0 Å². The average Bonchev–Trinajstić information content (AvgIpc) is 3.08. The molecule has 1 unspecified atom stereocenters. The predicted octanol–water partition coefficient (Wildman–Crippen LogP) is 2.54. The van der Waals surface area contributed by atoms with E-state index in [0.29, 0.717) is 19.3 Å². The lowest BCUT2D eigenvalue weighted by atomic mass is 9.84. The summed E-state index contributed by atoms with van der Waals surface area (Å²) in [7, 11) is 0. The molecule has 48 heavy (non-hydrogen) atoms. The van der Waals surface area contributed by atoms with Crippen molar-refractivity contribution >= 4 is 35.3 Å². The monoisotopic (exact) mass is 667 g/mol. The summed E-state index contributed by atoms with van der Waals surface area (Å²) in [4.78, 5) is 87.4. The number of Topliss-reactive ketones (excluding diaryl/α,β-unsaturated/α-hetero) is 1. The molecule has 0 spiro atoms. The summed E-state index contributed by atoms with van der Waals surface area (Å²) >= 11 is 0. The van der Waals surface area contributed by atoms with E-state index in [-0.39, 0.29) is 36.4 Å². The molecule has 1 heterocycles. The third kappa shape index (κ3) is 13.0. The molecule has 1 aromatic rings. The Labute approximate surface area is 284 Å². The van der Waals surface area contributed by atoms with Crippen LogP contribution in [0, 0.1) is 17.8 Å². The normalized spacial score (nSPS) is 16.3. The molecule has 1 aliphatic rings. The van der Waals surface area contributed by atoms with Gasteiger partial charge in [-0.05, 0) is 37.0 Å². The number of aromatic nitrogens is 2. The summed E-state index contributed by atoms with van der Waals surface area (Å²) in [6.45, 7) is 14.8. The molecular formula is C35H53N7O6. The standard InChI is InChI=1S/C35H53N7O6/c1-7-13-25(30(43)35(48)38-16-8-2)39-31(44)27(20-24-14-11-10-12-15-24)41-34(47)29(23(6)9-3)42-32(45)26(19-22(4)5)40-33(46)28-21-36-17-18-37-28/h7-8,17-18,21-27,29H,1-2,9-16,19-20H2,3-6H3,(H,38,48)(H,39,44)(H,40,46)(H,41,47)(H,42,45)/t23-,25?,26+,27+,29+/m1/s1. The van der Waals surface area contributed by atoms with Crippen LogP contribution in [0.2, 0.25) is 0 Å². The smallest absolute Gasteiger partial charge is 0.289 e. The van der Waals surface area contributed by atoms with Crippen LogP contribution >= 0.6 is 0 Å². The Morgan fingerprint density at radius 1 is 0.854 bits per heavy atom. The van der Waals surface area contributed by atoms with Crippen molar-refractivity contribution in [1.82, 2.24) is 36.6 Å². The molecule has 0 radical (unpaired) electrons. The minimum atomic E-state index is -1.18.